The molecule has 2 aliphatic rings. The number of hydrogen-bond acceptors (Lipinski definition) is 0. The molecule has 0 nitrogen and oxygen atoms in total. The van der Waals surface area contributed by atoms with Crippen LogP contribution in [-0.4, -0.2) is 0 Å². The Morgan fingerprint density at radius 2 is 1.90 bits per heavy atom. The highest BCUT2D eigenvalue weighted by Gasteiger charge is 2.45. The molecule has 2 aliphatic carbocycles. The van der Waals surface area contributed by atoms with Crippen molar-refractivity contribution in [1.82, 2.24) is 0 Å². The van der Waals surface area contributed by atoms with Gasteiger partial charge in [0.1, 0.15) is 0 Å². The summed E-state index contributed by atoms with van der Waals surface area (Å²) < 4.78 is 0. The topological polar surface area (TPSA) is 0 Å². The highest BCUT2D eigenvalue weighted by Crippen LogP contribution is 2.54. The summed E-state index contributed by atoms with van der Waals surface area (Å²) in [6.45, 7) is 4.76. The van der Waals surface area contributed by atoms with E-state index in [-0.39, 0.29) is 0 Å². The molecule has 0 radical (unpaired) electrons. The van der Waals surface area contributed by atoms with E-state index in [4.69, 9.17) is 0 Å². The van der Waals surface area contributed by atoms with Crippen LogP contribution in [0.4, 0.5) is 0 Å². The minimum atomic E-state index is 0.964. The monoisotopic (exact) mass is 138 g/mol. The third kappa shape index (κ3) is 0.980. The molecule has 0 bridgehead atoms. The Kier molecular flexibility index (Phi) is 1.51. The largest absolute Gasteiger partial charge is 0.0625 e. The highest BCUT2D eigenvalue weighted by atomic mass is 14.5. The van der Waals surface area contributed by atoms with Gasteiger partial charge in [0.05, 0.1) is 0 Å². The van der Waals surface area contributed by atoms with E-state index in [1.807, 2.05) is 0 Å². The van der Waals surface area contributed by atoms with Gasteiger partial charge in [0.15, 0.2) is 0 Å². The van der Waals surface area contributed by atoms with E-state index in [2.05, 4.69) is 13.8 Å². The molecule has 0 N–H and O–H groups in total. The van der Waals surface area contributed by atoms with E-state index in [1.165, 1.54) is 6.42 Å². The summed E-state index contributed by atoms with van der Waals surface area (Å²) in [6.07, 6.45) is 6.18. The van der Waals surface area contributed by atoms with Crippen LogP contribution in [0.25, 0.3) is 0 Å². The molecule has 0 aromatic carbocycles. The quantitative estimate of drug-likeness (QED) is 0.550. The Morgan fingerprint density at radius 1 is 1.20 bits per heavy atom. The lowest BCUT2D eigenvalue weighted by Gasteiger charge is -2.26. The maximum atomic E-state index is 2.38. The lowest BCUT2D eigenvalue weighted by Crippen LogP contribution is -2.14. The highest BCUT2D eigenvalue weighted by molar-refractivity contribution is 4.95. The van der Waals surface area contributed by atoms with Crippen molar-refractivity contribution in [2.45, 2.75) is 39.5 Å². The molecule has 0 amide bonds. The number of hydrogen-bond donors (Lipinski definition) is 0. The predicted octanol–water partition coefficient (Wildman–Crippen LogP) is 3.08. The van der Waals surface area contributed by atoms with Crippen LogP contribution < -0.4 is 0 Å². The van der Waals surface area contributed by atoms with E-state index in [0.29, 0.717) is 0 Å². The molecule has 0 aromatic rings. The summed E-state index contributed by atoms with van der Waals surface area (Å²) in [6, 6.07) is 0. The van der Waals surface area contributed by atoms with Gasteiger partial charge in [0, 0.05) is 0 Å². The summed E-state index contributed by atoms with van der Waals surface area (Å²) in [4.78, 5) is 0. The fraction of sp³-hybridized carbons (Fsp3) is 1.00. The van der Waals surface area contributed by atoms with E-state index in [9.17, 15) is 0 Å². The van der Waals surface area contributed by atoms with Crippen molar-refractivity contribution in [3.8, 4) is 0 Å². The molecule has 2 atom stereocenters. The molecule has 2 fully saturated rings. The molecule has 2 saturated carbocycles. The van der Waals surface area contributed by atoms with E-state index >= 15 is 0 Å². The molecule has 0 aliphatic heterocycles. The van der Waals surface area contributed by atoms with Crippen LogP contribution in [-0.2, 0) is 0 Å². The molecule has 0 aromatic heterocycles. The molecule has 0 heterocycles. The maximum Gasteiger partial charge on any atom is -0.0352 e. The first-order valence-corrected chi connectivity index (χ1v) is 4.79. The fourth-order valence-corrected chi connectivity index (χ4v) is 2.41. The molecule has 0 heteroatoms. The average Bonchev–Trinajstić information content (AvgIpc) is 2.40. The van der Waals surface area contributed by atoms with Crippen molar-refractivity contribution >= 4 is 0 Å². The average molecular weight is 138 g/mol. The Hall–Kier alpha value is 0. The van der Waals surface area contributed by atoms with Crippen molar-refractivity contribution in [3.05, 3.63) is 0 Å². The second-order valence-corrected chi connectivity index (χ2v) is 4.50. The summed E-state index contributed by atoms with van der Waals surface area (Å²) in [5, 5.41) is 0. The molecular formula is C10H18. The first-order valence-electron chi connectivity index (χ1n) is 4.79. The SMILES string of the molecule is CC(C)C1CC1C1CCC1. The summed E-state index contributed by atoms with van der Waals surface area (Å²) >= 11 is 0. The standard InChI is InChI=1S/C10H18/c1-7(2)9-6-10(9)8-4-3-5-8/h7-10H,3-6H2,1-2H3. The zero-order valence-electron chi connectivity index (χ0n) is 7.14. The first kappa shape index (κ1) is 6.69. The normalized spacial score (nSPS) is 39.9. The van der Waals surface area contributed by atoms with Gasteiger partial charge in [-0.1, -0.05) is 33.1 Å². The van der Waals surface area contributed by atoms with Gasteiger partial charge in [-0.05, 0) is 30.1 Å². The van der Waals surface area contributed by atoms with Gasteiger partial charge in [-0.25, -0.2) is 0 Å². The molecule has 10 heavy (non-hydrogen) atoms. The smallest absolute Gasteiger partial charge is 0.0352 e. The Bertz CT molecular complexity index is 122. The fourth-order valence-electron chi connectivity index (χ4n) is 2.41. The van der Waals surface area contributed by atoms with Crippen LogP contribution in [0.1, 0.15) is 39.5 Å². The van der Waals surface area contributed by atoms with Gasteiger partial charge < -0.3 is 0 Å². The molecular weight excluding hydrogens is 120 g/mol. The lowest BCUT2D eigenvalue weighted by atomic mass is 9.80. The van der Waals surface area contributed by atoms with Gasteiger partial charge in [-0.15, -0.1) is 0 Å². The van der Waals surface area contributed by atoms with Crippen LogP contribution in [0.5, 0.6) is 0 Å². The lowest BCUT2D eigenvalue weighted by molar-refractivity contribution is 0.255. The van der Waals surface area contributed by atoms with Crippen molar-refractivity contribution in [2.75, 3.05) is 0 Å². The van der Waals surface area contributed by atoms with Gasteiger partial charge in [-0.3, -0.25) is 0 Å². The molecule has 0 saturated heterocycles. The van der Waals surface area contributed by atoms with Crippen LogP contribution in [0.3, 0.4) is 0 Å². The van der Waals surface area contributed by atoms with Crippen LogP contribution >= 0.6 is 0 Å². The molecule has 2 unspecified atom stereocenters. The third-order valence-electron chi connectivity index (χ3n) is 3.50. The molecule has 2 rings (SSSR count). The van der Waals surface area contributed by atoms with E-state index in [0.717, 1.165) is 23.7 Å². The summed E-state index contributed by atoms with van der Waals surface area (Å²) in [7, 11) is 0. The van der Waals surface area contributed by atoms with Crippen molar-refractivity contribution < 1.29 is 0 Å². The Labute approximate surface area is 64.0 Å². The maximum absolute atomic E-state index is 2.38. The van der Waals surface area contributed by atoms with Crippen molar-refractivity contribution in [2.24, 2.45) is 23.7 Å². The first-order chi connectivity index (χ1) is 4.79. The predicted molar refractivity (Wildman–Crippen MR) is 43.8 cm³/mol. The van der Waals surface area contributed by atoms with Crippen molar-refractivity contribution in [3.63, 3.8) is 0 Å². The van der Waals surface area contributed by atoms with Gasteiger partial charge in [0.2, 0.25) is 0 Å². The van der Waals surface area contributed by atoms with Crippen molar-refractivity contribution in [1.29, 1.82) is 0 Å². The van der Waals surface area contributed by atoms with E-state index < -0.39 is 0 Å². The van der Waals surface area contributed by atoms with Crippen LogP contribution in [0.2, 0.25) is 0 Å². The summed E-state index contributed by atoms with van der Waals surface area (Å²) in [5.74, 6) is 4.40. The third-order valence-corrected chi connectivity index (χ3v) is 3.50. The van der Waals surface area contributed by atoms with Crippen LogP contribution in [0.15, 0.2) is 0 Å². The minimum absolute atomic E-state index is 0.964. The second kappa shape index (κ2) is 2.25. The van der Waals surface area contributed by atoms with Crippen LogP contribution in [0, 0.1) is 23.7 Å². The molecule has 0 spiro atoms. The number of rotatable bonds is 2. The Morgan fingerprint density at radius 3 is 2.20 bits per heavy atom. The zero-order chi connectivity index (χ0) is 7.14. The van der Waals surface area contributed by atoms with E-state index in [1.54, 1.807) is 19.3 Å². The summed E-state index contributed by atoms with van der Waals surface area (Å²) in [5.41, 5.74) is 0. The second-order valence-electron chi connectivity index (χ2n) is 4.50. The molecule has 58 valence electrons. The van der Waals surface area contributed by atoms with Gasteiger partial charge in [0.25, 0.3) is 0 Å². The Balaban J connectivity index is 1.78. The van der Waals surface area contributed by atoms with Gasteiger partial charge in [-0.2, -0.15) is 0 Å². The van der Waals surface area contributed by atoms with Gasteiger partial charge >= 0.3 is 0 Å². The minimum Gasteiger partial charge on any atom is -0.0625 e. The zero-order valence-corrected chi connectivity index (χ0v) is 7.14.